The summed E-state index contributed by atoms with van der Waals surface area (Å²) in [5.74, 6) is -0.320. The standard InChI is InChI=1S/C19H24N2O3S/c1-4-12-20-19(22)14-21(17-7-5-6-16(3)13-17)25(23,24)18-10-8-15(2)9-11-18/h5-11,13H,4,12,14H2,1-3H3,(H,20,22). The topological polar surface area (TPSA) is 66.5 Å². The average molecular weight is 360 g/mol. The molecule has 0 saturated heterocycles. The third kappa shape index (κ3) is 4.82. The second kappa shape index (κ2) is 8.16. The Labute approximate surface area is 149 Å². The Hall–Kier alpha value is -2.34. The van der Waals surface area contributed by atoms with E-state index in [9.17, 15) is 13.2 Å². The normalized spacial score (nSPS) is 11.2. The van der Waals surface area contributed by atoms with Crippen molar-refractivity contribution in [1.82, 2.24) is 5.32 Å². The summed E-state index contributed by atoms with van der Waals surface area (Å²) in [5, 5.41) is 2.73. The lowest BCUT2D eigenvalue weighted by molar-refractivity contribution is -0.119. The predicted molar refractivity (Wildman–Crippen MR) is 100 cm³/mol. The number of carbonyl (C=O) groups excluding carboxylic acids is 1. The van der Waals surface area contributed by atoms with Crippen LogP contribution in [0.15, 0.2) is 53.4 Å². The first kappa shape index (κ1) is 19.0. The zero-order valence-electron chi connectivity index (χ0n) is 14.8. The molecule has 0 aliphatic carbocycles. The lowest BCUT2D eigenvalue weighted by Crippen LogP contribution is -2.41. The fourth-order valence-corrected chi connectivity index (χ4v) is 3.80. The highest BCUT2D eigenvalue weighted by Crippen LogP contribution is 2.24. The van der Waals surface area contributed by atoms with Crippen molar-refractivity contribution in [1.29, 1.82) is 0 Å². The SMILES string of the molecule is CCCNC(=O)CN(c1cccc(C)c1)S(=O)(=O)c1ccc(C)cc1. The summed E-state index contributed by atoms with van der Waals surface area (Å²) in [6.45, 7) is 6.00. The Morgan fingerprint density at radius 3 is 2.32 bits per heavy atom. The molecule has 0 fully saturated rings. The Balaban J connectivity index is 2.42. The van der Waals surface area contributed by atoms with Gasteiger partial charge in [0.05, 0.1) is 10.6 Å². The number of nitrogens with zero attached hydrogens (tertiary/aromatic N) is 1. The maximum atomic E-state index is 13.1. The number of carbonyl (C=O) groups is 1. The number of nitrogens with one attached hydrogen (secondary N) is 1. The predicted octanol–water partition coefficient (Wildman–Crippen LogP) is 3.02. The van der Waals surface area contributed by atoms with Crippen molar-refractivity contribution >= 4 is 21.6 Å². The number of anilines is 1. The smallest absolute Gasteiger partial charge is 0.264 e. The molecule has 0 aromatic heterocycles. The highest BCUT2D eigenvalue weighted by molar-refractivity contribution is 7.92. The molecule has 0 aliphatic rings. The summed E-state index contributed by atoms with van der Waals surface area (Å²) in [6, 6.07) is 13.8. The minimum atomic E-state index is -3.84. The van der Waals surface area contributed by atoms with Crippen molar-refractivity contribution in [2.24, 2.45) is 0 Å². The zero-order valence-corrected chi connectivity index (χ0v) is 15.6. The Kier molecular flexibility index (Phi) is 6.20. The van der Waals surface area contributed by atoms with E-state index in [0.29, 0.717) is 12.2 Å². The van der Waals surface area contributed by atoms with Gasteiger partial charge in [0.1, 0.15) is 6.54 Å². The number of sulfonamides is 1. The summed E-state index contributed by atoms with van der Waals surface area (Å²) in [5.41, 5.74) is 2.38. The van der Waals surface area contributed by atoms with Gasteiger partial charge in [-0.15, -0.1) is 0 Å². The molecule has 2 aromatic carbocycles. The van der Waals surface area contributed by atoms with Gasteiger partial charge in [-0.05, 0) is 50.1 Å². The highest BCUT2D eigenvalue weighted by Gasteiger charge is 2.27. The Morgan fingerprint density at radius 1 is 1.04 bits per heavy atom. The van der Waals surface area contributed by atoms with E-state index >= 15 is 0 Å². The molecule has 25 heavy (non-hydrogen) atoms. The minimum absolute atomic E-state index is 0.169. The first-order valence-corrected chi connectivity index (χ1v) is 9.71. The van der Waals surface area contributed by atoms with Crippen LogP contribution in [0.5, 0.6) is 0 Å². The lowest BCUT2D eigenvalue weighted by Gasteiger charge is -2.24. The molecule has 0 heterocycles. The molecular formula is C19H24N2O3S. The molecule has 134 valence electrons. The van der Waals surface area contributed by atoms with Crippen molar-refractivity contribution in [3.05, 3.63) is 59.7 Å². The molecule has 1 N–H and O–H groups in total. The second-order valence-corrected chi connectivity index (χ2v) is 7.88. The lowest BCUT2D eigenvalue weighted by atomic mass is 10.2. The van der Waals surface area contributed by atoms with E-state index in [0.717, 1.165) is 21.9 Å². The molecule has 0 unspecified atom stereocenters. The van der Waals surface area contributed by atoms with E-state index in [2.05, 4.69) is 5.32 Å². The van der Waals surface area contributed by atoms with Crippen LogP contribution in [0.1, 0.15) is 24.5 Å². The molecular weight excluding hydrogens is 336 g/mol. The zero-order chi connectivity index (χ0) is 18.4. The van der Waals surface area contributed by atoms with Crippen molar-refractivity contribution in [3.8, 4) is 0 Å². The van der Waals surface area contributed by atoms with E-state index in [1.807, 2.05) is 26.8 Å². The van der Waals surface area contributed by atoms with Crippen LogP contribution < -0.4 is 9.62 Å². The summed E-state index contributed by atoms with van der Waals surface area (Å²) < 4.78 is 27.4. The monoisotopic (exact) mass is 360 g/mol. The molecule has 6 heteroatoms. The molecule has 0 radical (unpaired) electrons. The van der Waals surface area contributed by atoms with Gasteiger partial charge in [-0.3, -0.25) is 9.10 Å². The van der Waals surface area contributed by atoms with Crippen LogP contribution in [-0.4, -0.2) is 27.4 Å². The van der Waals surface area contributed by atoms with Gasteiger partial charge in [-0.1, -0.05) is 36.8 Å². The molecule has 2 aromatic rings. The van der Waals surface area contributed by atoms with Gasteiger partial charge < -0.3 is 5.32 Å². The van der Waals surface area contributed by atoms with Crippen LogP contribution in [0.4, 0.5) is 5.69 Å². The van der Waals surface area contributed by atoms with E-state index < -0.39 is 10.0 Å². The number of rotatable bonds is 7. The van der Waals surface area contributed by atoms with Crippen LogP contribution in [-0.2, 0) is 14.8 Å². The van der Waals surface area contributed by atoms with E-state index in [-0.39, 0.29) is 17.3 Å². The molecule has 2 rings (SSSR count). The fourth-order valence-electron chi connectivity index (χ4n) is 2.39. The van der Waals surface area contributed by atoms with E-state index in [1.54, 1.807) is 42.5 Å². The van der Waals surface area contributed by atoms with Crippen LogP contribution in [0, 0.1) is 13.8 Å². The number of hydrogen-bond donors (Lipinski definition) is 1. The molecule has 0 atom stereocenters. The van der Waals surface area contributed by atoms with Crippen LogP contribution in [0.2, 0.25) is 0 Å². The molecule has 0 bridgehead atoms. The summed E-state index contributed by atoms with van der Waals surface area (Å²) in [7, 11) is -3.84. The maximum Gasteiger partial charge on any atom is 0.264 e. The van der Waals surface area contributed by atoms with Gasteiger partial charge in [-0.2, -0.15) is 0 Å². The van der Waals surface area contributed by atoms with E-state index in [1.165, 1.54) is 0 Å². The van der Waals surface area contributed by atoms with Crippen molar-refractivity contribution in [2.45, 2.75) is 32.1 Å². The van der Waals surface area contributed by atoms with Crippen LogP contribution >= 0.6 is 0 Å². The molecule has 1 amide bonds. The maximum absolute atomic E-state index is 13.1. The summed E-state index contributed by atoms with van der Waals surface area (Å²) in [4.78, 5) is 12.4. The Bertz CT molecular complexity index is 830. The first-order valence-electron chi connectivity index (χ1n) is 8.27. The number of aryl methyl sites for hydroxylation is 2. The van der Waals surface area contributed by atoms with Gasteiger partial charge >= 0.3 is 0 Å². The van der Waals surface area contributed by atoms with Gasteiger partial charge in [-0.25, -0.2) is 8.42 Å². The highest BCUT2D eigenvalue weighted by atomic mass is 32.2. The molecule has 0 aliphatic heterocycles. The summed E-state index contributed by atoms with van der Waals surface area (Å²) in [6.07, 6.45) is 0.793. The van der Waals surface area contributed by atoms with Crippen molar-refractivity contribution < 1.29 is 13.2 Å². The third-order valence-electron chi connectivity index (χ3n) is 3.76. The molecule has 5 nitrogen and oxygen atoms in total. The number of benzene rings is 2. The van der Waals surface area contributed by atoms with Gasteiger partial charge in [0.25, 0.3) is 10.0 Å². The second-order valence-electron chi connectivity index (χ2n) is 6.01. The average Bonchev–Trinajstić information content (AvgIpc) is 2.58. The van der Waals surface area contributed by atoms with Crippen molar-refractivity contribution in [3.63, 3.8) is 0 Å². The number of hydrogen-bond acceptors (Lipinski definition) is 3. The first-order chi connectivity index (χ1) is 11.8. The number of amides is 1. The van der Waals surface area contributed by atoms with Crippen LogP contribution in [0.3, 0.4) is 0 Å². The van der Waals surface area contributed by atoms with Crippen molar-refractivity contribution in [2.75, 3.05) is 17.4 Å². The van der Waals surface area contributed by atoms with E-state index in [4.69, 9.17) is 0 Å². The van der Waals surface area contributed by atoms with Gasteiger partial charge in [0.15, 0.2) is 0 Å². The fraction of sp³-hybridized carbons (Fsp3) is 0.316. The van der Waals surface area contributed by atoms with Crippen LogP contribution in [0.25, 0.3) is 0 Å². The Morgan fingerprint density at radius 2 is 1.72 bits per heavy atom. The molecule has 0 spiro atoms. The van der Waals surface area contributed by atoms with Gasteiger partial charge in [0.2, 0.25) is 5.91 Å². The largest absolute Gasteiger partial charge is 0.355 e. The third-order valence-corrected chi connectivity index (χ3v) is 5.55. The minimum Gasteiger partial charge on any atom is -0.355 e. The quantitative estimate of drug-likeness (QED) is 0.825. The molecule has 0 saturated carbocycles. The summed E-state index contributed by atoms with van der Waals surface area (Å²) >= 11 is 0. The van der Waals surface area contributed by atoms with Gasteiger partial charge in [0, 0.05) is 6.54 Å².